The number of methoxy groups -OCH3 is 2. The van der Waals surface area contributed by atoms with Crippen LogP contribution in [0.2, 0.25) is 0 Å². The number of ether oxygens (including phenoxy) is 2. The van der Waals surface area contributed by atoms with Gasteiger partial charge in [0, 0.05) is 47.0 Å². The number of nitrogens with one attached hydrogen (secondary N) is 1. The van der Waals surface area contributed by atoms with E-state index >= 15 is 0 Å². The molecule has 0 aliphatic carbocycles. The SMILES string of the molecule is C=C(CNCCC)CN(CCCOC)CCOC. The average molecular weight is 258 g/mol. The third-order valence-corrected chi connectivity index (χ3v) is 2.68. The van der Waals surface area contributed by atoms with Crippen molar-refractivity contribution in [3.8, 4) is 0 Å². The Morgan fingerprint density at radius 2 is 1.89 bits per heavy atom. The van der Waals surface area contributed by atoms with E-state index in [4.69, 9.17) is 9.47 Å². The van der Waals surface area contributed by atoms with Gasteiger partial charge in [-0.3, -0.25) is 4.90 Å². The zero-order valence-electron chi connectivity index (χ0n) is 12.3. The molecule has 0 aromatic rings. The summed E-state index contributed by atoms with van der Waals surface area (Å²) in [4.78, 5) is 2.37. The molecule has 0 aromatic carbocycles. The van der Waals surface area contributed by atoms with Gasteiger partial charge in [0.25, 0.3) is 0 Å². The summed E-state index contributed by atoms with van der Waals surface area (Å²) < 4.78 is 10.2. The average Bonchev–Trinajstić information content (AvgIpc) is 2.36. The maximum absolute atomic E-state index is 5.14. The second kappa shape index (κ2) is 13.0. The lowest BCUT2D eigenvalue weighted by Gasteiger charge is -2.23. The van der Waals surface area contributed by atoms with E-state index in [1.165, 1.54) is 5.57 Å². The standard InChI is InChI=1S/C14H30N2O2/c1-5-7-15-12-14(2)13-16(9-11-18-4)8-6-10-17-3/h15H,2,5-13H2,1,3-4H3. The molecule has 0 saturated carbocycles. The first kappa shape index (κ1) is 17.6. The molecule has 0 aromatic heterocycles. The number of nitrogens with zero attached hydrogens (tertiary/aromatic N) is 1. The summed E-state index contributed by atoms with van der Waals surface area (Å²) in [5, 5.41) is 3.38. The van der Waals surface area contributed by atoms with Gasteiger partial charge in [-0.05, 0) is 25.0 Å². The van der Waals surface area contributed by atoms with Gasteiger partial charge >= 0.3 is 0 Å². The third kappa shape index (κ3) is 10.7. The smallest absolute Gasteiger partial charge is 0.0589 e. The molecule has 108 valence electrons. The molecule has 0 bridgehead atoms. The predicted octanol–water partition coefficient (Wildman–Crippen LogP) is 1.53. The lowest BCUT2D eigenvalue weighted by molar-refractivity contribution is 0.137. The fourth-order valence-electron chi connectivity index (χ4n) is 1.74. The van der Waals surface area contributed by atoms with E-state index in [-0.39, 0.29) is 0 Å². The van der Waals surface area contributed by atoms with Crippen LogP contribution in [0.15, 0.2) is 12.2 Å². The van der Waals surface area contributed by atoms with Crippen LogP contribution in [0.25, 0.3) is 0 Å². The zero-order valence-corrected chi connectivity index (χ0v) is 12.3. The fraction of sp³-hybridized carbons (Fsp3) is 0.857. The predicted molar refractivity (Wildman–Crippen MR) is 77.1 cm³/mol. The van der Waals surface area contributed by atoms with Crippen molar-refractivity contribution in [3.63, 3.8) is 0 Å². The van der Waals surface area contributed by atoms with Gasteiger partial charge in [-0.1, -0.05) is 13.5 Å². The van der Waals surface area contributed by atoms with E-state index in [1.54, 1.807) is 14.2 Å². The minimum Gasteiger partial charge on any atom is -0.385 e. The van der Waals surface area contributed by atoms with Crippen molar-refractivity contribution in [2.75, 3.05) is 60.2 Å². The van der Waals surface area contributed by atoms with Crippen molar-refractivity contribution >= 4 is 0 Å². The first-order valence-electron chi connectivity index (χ1n) is 6.82. The topological polar surface area (TPSA) is 33.7 Å². The summed E-state index contributed by atoms with van der Waals surface area (Å²) >= 11 is 0. The number of rotatable bonds is 13. The van der Waals surface area contributed by atoms with Gasteiger partial charge in [-0.2, -0.15) is 0 Å². The number of hydrogen-bond acceptors (Lipinski definition) is 4. The van der Waals surface area contributed by atoms with E-state index < -0.39 is 0 Å². The van der Waals surface area contributed by atoms with Crippen molar-refractivity contribution in [1.29, 1.82) is 0 Å². The van der Waals surface area contributed by atoms with Gasteiger partial charge in [0.05, 0.1) is 6.61 Å². The Hall–Kier alpha value is -0.420. The lowest BCUT2D eigenvalue weighted by atomic mass is 10.2. The highest BCUT2D eigenvalue weighted by atomic mass is 16.5. The summed E-state index contributed by atoms with van der Waals surface area (Å²) in [6, 6.07) is 0. The molecule has 0 aliphatic rings. The van der Waals surface area contributed by atoms with Crippen LogP contribution in [0, 0.1) is 0 Å². The van der Waals surface area contributed by atoms with Gasteiger partial charge in [0.15, 0.2) is 0 Å². The van der Waals surface area contributed by atoms with Crippen LogP contribution in [0.4, 0.5) is 0 Å². The van der Waals surface area contributed by atoms with Gasteiger partial charge < -0.3 is 14.8 Å². The summed E-state index contributed by atoms with van der Waals surface area (Å²) in [7, 11) is 3.48. The van der Waals surface area contributed by atoms with Gasteiger partial charge in [0.1, 0.15) is 0 Å². The number of hydrogen-bond donors (Lipinski definition) is 1. The molecule has 0 heterocycles. The molecular formula is C14H30N2O2. The lowest BCUT2D eigenvalue weighted by Crippen LogP contribution is -2.33. The van der Waals surface area contributed by atoms with Crippen LogP contribution in [-0.2, 0) is 9.47 Å². The normalized spacial score (nSPS) is 11.1. The van der Waals surface area contributed by atoms with E-state index in [9.17, 15) is 0 Å². The Bertz CT molecular complexity index is 198. The van der Waals surface area contributed by atoms with Crippen molar-refractivity contribution in [1.82, 2.24) is 10.2 Å². The largest absolute Gasteiger partial charge is 0.385 e. The Morgan fingerprint density at radius 3 is 2.50 bits per heavy atom. The van der Waals surface area contributed by atoms with Crippen LogP contribution < -0.4 is 5.32 Å². The van der Waals surface area contributed by atoms with Crippen LogP contribution in [0.3, 0.4) is 0 Å². The van der Waals surface area contributed by atoms with Crippen LogP contribution in [0.1, 0.15) is 19.8 Å². The molecular weight excluding hydrogens is 228 g/mol. The minimum atomic E-state index is 0.767. The van der Waals surface area contributed by atoms with Gasteiger partial charge in [0.2, 0.25) is 0 Å². The van der Waals surface area contributed by atoms with Crippen molar-refractivity contribution in [2.24, 2.45) is 0 Å². The molecule has 0 aliphatic heterocycles. The molecule has 0 amide bonds. The highest BCUT2D eigenvalue weighted by Crippen LogP contribution is 1.98. The van der Waals surface area contributed by atoms with Crippen molar-refractivity contribution < 1.29 is 9.47 Å². The van der Waals surface area contributed by atoms with Crippen LogP contribution >= 0.6 is 0 Å². The van der Waals surface area contributed by atoms with Crippen molar-refractivity contribution in [3.05, 3.63) is 12.2 Å². The molecule has 0 saturated heterocycles. The molecule has 0 spiro atoms. The molecule has 4 nitrogen and oxygen atoms in total. The maximum Gasteiger partial charge on any atom is 0.0589 e. The van der Waals surface area contributed by atoms with Crippen LogP contribution in [-0.4, -0.2) is 65.1 Å². The summed E-state index contributed by atoms with van der Waals surface area (Å²) in [6.45, 7) is 12.8. The Morgan fingerprint density at radius 1 is 1.17 bits per heavy atom. The molecule has 4 heteroatoms. The highest BCUT2D eigenvalue weighted by Gasteiger charge is 2.06. The Balaban J connectivity index is 3.84. The van der Waals surface area contributed by atoms with Gasteiger partial charge in [-0.25, -0.2) is 0 Å². The monoisotopic (exact) mass is 258 g/mol. The first-order chi connectivity index (χ1) is 8.74. The zero-order chi connectivity index (χ0) is 13.6. The van der Waals surface area contributed by atoms with E-state index in [1.807, 2.05) is 0 Å². The molecule has 0 unspecified atom stereocenters. The summed E-state index contributed by atoms with van der Waals surface area (Å²) in [6.07, 6.45) is 2.21. The van der Waals surface area contributed by atoms with E-state index in [2.05, 4.69) is 23.7 Å². The molecule has 0 rings (SSSR count). The van der Waals surface area contributed by atoms with Gasteiger partial charge in [-0.15, -0.1) is 0 Å². The Kier molecular flexibility index (Phi) is 12.7. The summed E-state index contributed by atoms with van der Waals surface area (Å²) in [5.74, 6) is 0. The molecule has 0 fully saturated rings. The first-order valence-corrected chi connectivity index (χ1v) is 6.82. The van der Waals surface area contributed by atoms with Crippen molar-refractivity contribution in [2.45, 2.75) is 19.8 Å². The highest BCUT2D eigenvalue weighted by molar-refractivity contribution is 4.99. The Labute approximate surface area is 112 Å². The van der Waals surface area contributed by atoms with E-state index in [0.717, 1.165) is 58.8 Å². The third-order valence-electron chi connectivity index (χ3n) is 2.68. The maximum atomic E-state index is 5.14. The molecule has 1 N–H and O–H groups in total. The second-order valence-corrected chi connectivity index (χ2v) is 4.54. The minimum absolute atomic E-state index is 0.767. The molecule has 18 heavy (non-hydrogen) atoms. The second-order valence-electron chi connectivity index (χ2n) is 4.54. The molecule has 0 atom stereocenters. The quantitative estimate of drug-likeness (QED) is 0.401. The summed E-state index contributed by atoms with van der Waals surface area (Å²) in [5.41, 5.74) is 1.23. The molecule has 0 radical (unpaired) electrons. The van der Waals surface area contributed by atoms with E-state index in [0.29, 0.717) is 0 Å². The fourth-order valence-corrected chi connectivity index (χ4v) is 1.74. The van der Waals surface area contributed by atoms with Crippen LogP contribution in [0.5, 0.6) is 0 Å².